The summed E-state index contributed by atoms with van der Waals surface area (Å²) in [5, 5.41) is 23.7. The Kier molecular flexibility index (Phi) is 3.92. The van der Waals surface area contributed by atoms with E-state index in [1.165, 1.54) is 12.1 Å². The monoisotopic (exact) mass is 359 g/mol. The molecule has 0 radical (unpaired) electrons. The molecular formula is C11H10IN3O3. The minimum absolute atomic E-state index is 0.00224. The predicted octanol–water partition coefficient (Wildman–Crippen LogP) is 2.06. The van der Waals surface area contributed by atoms with E-state index >= 15 is 0 Å². The molecule has 7 heteroatoms. The van der Waals surface area contributed by atoms with Crippen LogP contribution in [0, 0.1) is 13.7 Å². The largest absolute Gasteiger partial charge is 0.394 e. The quantitative estimate of drug-likeness (QED) is 0.515. The Bertz CT molecular complexity index is 565. The molecule has 6 nitrogen and oxygen atoms in total. The fourth-order valence-corrected chi connectivity index (χ4v) is 2.37. The molecule has 1 N–H and O–H groups in total. The van der Waals surface area contributed by atoms with Gasteiger partial charge in [-0.25, -0.2) is 0 Å². The van der Waals surface area contributed by atoms with Gasteiger partial charge in [-0.2, -0.15) is 5.10 Å². The summed E-state index contributed by atoms with van der Waals surface area (Å²) in [6, 6.07) is 6.29. The first-order valence-electron chi connectivity index (χ1n) is 5.20. The fraction of sp³-hybridized carbons (Fsp3) is 0.182. The number of aliphatic hydroxyl groups is 1. The van der Waals surface area contributed by atoms with Crippen LogP contribution in [-0.4, -0.2) is 26.4 Å². The smallest absolute Gasteiger partial charge is 0.269 e. The molecule has 1 heterocycles. The van der Waals surface area contributed by atoms with Crippen molar-refractivity contribution in [3.8, 4) is 11.3 Å². The maximum absolute atomic E-state index is 10.6. The molecule has 94 valence electrons. The maximum Gasteiger partial charge on any atom is 0.269 e. The van der Waals surface area contributed by atoms with E-state index in [4.69, 9.17) is 5.11 Å². The summed E-state index contributed by atoms with van der Waals surface area (Å²) in [4.78, 5) is 10.2. The molecule has 0 spiro atoms. The van der Waals surface area contributed by atoms with Crippen LogP contribution < -0.4 is 0 Å². The molecule has 2 aromatic rings. The minimum atomic E-state index is -0.431. The number of aromatic nitrogens is 2. The van der Waals surface area contributed by atoms with Crippen molar-refractivity contribution >= 4 is 28.3 Å². The van der Waals surface area contributed by atoms with Crippen molar-refractivity contribution in [2.75, 3.05) is 6.61 Å². The van der Waals surface area contributed by atoms with E-state index in [1.54, 1.807) is 23.0 Å². The summed E-state index contributed by atoms with van der Waals surface area (Å²) in [6.45, 7) is 0.396. The predicted molar refractivity (Wildman–Crippen MR) is 74.1 cm³/mol. The Hall–Kier alpha value is -1.48. The first-order valence-corrected chi connectivity index (χ1v) is 6.28. The molecule has 0 aliphatic carbocycles. The number of aliphatic hydroxyl groups excluding tert-OH is 1. The van der Waals surface area contributed by atoms with Crippen LogP contribution in [0.15, 0.2) is 30.5 Å². The van der Waals surface area contributed by atoms with Crippen molar-refractivity contribution < 1.29 is 10.0 Å². The van der Waals surface area contributed by atoms with Crippen molar-refractivity contribution in [1.29, 1.82) is 0 Å². The zero-order valence-corrected chi connectivity index (χ0v) is 11.4. The second kappa shape index (κ2) is 5.44. The Morgan fingerprint density at radius 2 is 2.06 bits per heavy atom. The third-order valence-corrected chi connectivity index (χ3v) is 3.25. The second-order valence-corrected chi connectivity index (χ2v) is 4.75. The average molecular weight is 359 g/mol. The van der Waals surface area contributed by atoms with Crippen molar-refractivity contribution in [3.63, 3.8) is 0 Å². The van der Waals surface area contributed by atoms with Gasteiger partial charge in [-0.1, -0.05) is 0 Å². The topological polar surface area (TPSA) is 81.2 Å². The van der Waals surface area contributed by atoms with E-state index in [2.05, 4.69) is 27.7 Å². The summed E-state index contributed by atoms with van der Waals surface area (Å²) in [6.07, 6.45) is 1.70. The zero-order valence-electron chi connectivity index (χ0n) is 9.28. The van der Waals surface area contributed by atoms with Crippen LogP contribution in [-0.2, 0) is 6.54 Å². The van der Waals surface area contributed by atoms with Crippen molar-refractivity contribution in [2.24, 2.45) is 0 Å². The number of nitrogens with zero attached hydrogens (tertiary/aromatic N) is 3. The van der Waals surface area contributed by atoms with Crippen LogP contribution in [0.4, 0.5) is 5.69 Å². The van der Waals surface area contributed by atoms with Gasteiger partial charge in [0, 0.05) is 17.7 Å². The SMILES string of the molecule is O=[N+]([O-])c1ccc(-c2c(I)cnn2CCO)cc1. The summed E-state index contributed by atoms with van der Waals surface area (Å²) in [5.41, 5.74) is 1.76. The number of hydrogen-bond acceptors (Lipinski definition) is 4. The lowest BCUT2D eigenvalue weighted by Gasteiger charge is -2.06. The summed E-state index contributed by atoms with van der Waals surface area (Å²) < 4.78 is 2.62. The van der Waals surface area contributed by atoms with E-state index in [1.807, 2.05) is 0 Å². The molecule has 1 aromatic heterocycles. The van der Waals surface area contributed by atoms with E-state index in [0.717, 1.165) is 14.8 Å². The lowest BCUT2D eigenvalue weighted by molar-refractivity contribution is -0.384. The number of nitro groups is 1. The third kappa shape index (κ3) is 2.51. The third-order valence-electron chi connectivity index (χ3n) is 2.46. The number of hydrogen-bond donors (Lipinski definition) is 1. The molecule has 0 amide bonds. The summed E-state index contributed by atoms with van der Waals surface area (Å²) in [5.74, 6) is 0. The molecule has 0 unspecified atom stereocenters. The molecule has 0 fully saturated rings. The van der Waals surface area contributed by atoms with Crippen LogP contribution in [0.1, 0.15) is 0 Å². The molecule has 1 aromatic carbocycles. The Morgan fingerprint density at radius 3 is 2.61 bits per heavy atom. The number of halogens is 1. The van der Waals surface area contributed by atoms with Gasteiger partial charge in [-0.05, 0) is 34.7 Å². The van der Waals surface area contributed by atoms with Gasteiger partial charge in [0.05, 0.1) is 33.5 Å². The van der Waals surface area contributed by atoms with Gasteiger partial charge in [0.25, 0.3) is 5.69 Å². The Labute approximate surface area is 117 Å². The van der Waals surface area contributed by atoms with Crippen LogP contribution in [0.25, 0.3) is 11.3 Å². The van der Waals surface area contributed by atoms with Crippen LogP contribution >= 0.6 is 22.6 Å². The second-order valence-electron chi connectivity index (χ2n) is 3.59. The average Bonchev–Trinajstić information content (AvgIpc) is 2.71. The molecule has 0 aliphatic heterocycles. The van der Waals surface area contributed by atoms with Crippen molar-refractivity contribution in [3.05, 3.63) is 44.1 Å². The van der Waals surface area contributed by atoms with Crippen molar-refractivity contribution in [1.82, 2.24) is 9.78 Å². The molecule has 0 bridgehead atoms. The van der Waals surface area contributed by atoms with E-state index in [9.17, 15) is 10.1 Å². The van der Waals surface area contributed by atoms with E-state index < -0.39 is 4.92 Å². The summed E-state index contributed by atoms with van der Waals surface area (Å²) >= 11 is 2.15. The first-order chi connectivity index (χ1) is 8.63. The molecule has 0 saturated heterocycles. The fourth-order valence-electron chi connectivity index (χ4n) is 1.65. The van der Waals surface area contributed by atoms with Gasteiger partial charge in [0.15, 0.2) is 0 Å². The lowest BCUT2D eigenvalue weighted by atomic mass is 10.1. The van der Waals surface area contributed by atoms with E-state index in [-0.39, 0.29) is 12.3 Å². The maximum atomic E-state index is 10.6. The van der Waals surface area contributed by atoms with Crippen LogP contribution in [0.5, 0.6) is 0 Å². The molecule has 0 saturated carbocycles. The highest BCUT2D eigenvalue weighted by Gasteiger charge is 2.12. The first kappa shape index (κ1) is 13.0. The van der Waals surface area contributed by atoms with Gasteiger partial charge in [-0.15, -0.1) is 0 Å². The Balaban J connectivity index is 2.41. The van der Waals surface area contributed by atoms with Crippen LogP contribution in [0.3, 0.4) is 0 Å². The number of benzene rings is 1. The molecule has 0 aliphatic rings. The standard InChI is InChI=1S/C11H10IN3O3/c12-10-7-13-14(5-6-16)11(10)8-1-3-9(4-2-8)15(17)18/h1-4,7,16H,5-6H2. The molecule has 2 rings (SSSR count). The number of nitro benzene ring substituents is 1. The zero-order chi connectivity index (χ0) is 13.1. The number of non-ortho nitro benzene ring substituents is 1. The highest BCUT2D eigenvalue weighted by atomic mass is 127. The Morgan fingerprint density at radius 1 is 1.39 bits per heavy atom. The molecule has 18 heavy (non-hydrogen) atoms. The van der Waals surface area contributed by atoms with Gasteiger partial charge in [0.2, 0.25) is 0 Å². The number of rotatable bonds is 4. The lowest BCUT2D eigenvalue weighted by Crippen LogP contribution is -2.05. The minimum Gasteiger partial charge on any atom is -0.394 e. The van der Waals surface area contributed by atoms with Gasteiger partial charge < -0.3 is 5.11 Å². The highest BCUT2D eigenvalue weighted by Crippen LogP contribution is 2.26. The van der Waals surface area contributed by atoms with Gasteiger partial charge >= 0.3 is 0 Å². The van der Waals surface area contributed by atoms with Crippen LogP contribution in [0.2, 0.25) is 0 Å². The van der Waals surface area contributed by atoms with Gasteiger partial charge in [0.1, 0.15) is 0 Å². The normalized spacial score (nSPS) is 10.6. The van der Waals surface area contributed by atoms with Gasteiger partial charge in [-0.3, -0.25) is 14.8 Å². The molecular weight excluding hydrogens is 349 g/mol. The van der Waals surface area contributed by atoms with Crippen molar-refractivity contribution in [2.45, 2.75) is 6.54 Å². The highest BCUT2D eigenvalue weighted by molar-refractivity contribution is 14.1. The molecule has 0 atom stereocenters. The van der Waals surface area contributed by atoms with E-state index in [0.29, 0.717) is 6.54 Å². The summed E-state index contributed by atoms with van der Waals surface area (Å²) in [7, 11) is 0.